The molecule has 0 saturated heterocycles. The lowest BCUT2D eigenvalue weighted by atomic mass is 10.3. The molecule has 0 bridgehead atoms. The number of ether oxygens (including phenoxy) is 1. The standard InChI is InChI=1S/C8H7F6N3O/c9-7(10,11)6(8(12,13)14)18-3-4-1-17-5(15)2-16-4/h1-2,6H,3H2,(H2,15,17). The topological polar surface area (TPSA) is 61.0 Å². The molecular formula is C8H7F6N3O. The van der Waals surface area contributed by atoms with Gasteiger partial charge in [-0.2, -0.15) is 26.3 Å². The van der Waals surface area contributed by atoms with Gasteiger partial charge >= 0.3 is 12.4 Å². The molecule has 1 aromatic heterocycles. The molecule has 1 rings (SSSR count). The zero-order valence-electron chi connectivity index (χ0n) is 8.59. The third-order valence-electron chi connectivity index (χ3n) is 1.72. The van der Waals surface area contributed by atoms with Gasteiger partial charge in [0.05, 0.1) is 24.7 Å². The highest BCUT2D eigenvalue weighted by molar-refractivity contribution is 5.22. The monoisotopic (exact) mass is 275 g/mol. The maximum Gasteiger partial charge on any atom is 0.423 e. The van der Waals surface area contributed by atoms with E-state index >= 15 is 0 Å². The number of hydrogen-bond donors (Lipinski definition) is 1. The zero-order valence-corrected chi connectivity index (χ0v) is 8.59. The van der Waals surface area contributed by atoms with Gasteiger partial charge in [-0.25, -0.2) is 4.98 Å². The molecule has 10 heteroatoms. The van der Waals surface area contributed by atoms with Gasteiger partial charge in [0.2, 0.25) is 6.10 Å². The predicted molar refractivity (Wildman–Crippen MR) is 47.1 cm³/mol. The Morgan fingerprint density at radius 3 is 2.00 bits per heavy atom. The van der Waals surface area contributed by atoms with E-state index < -0.39 is 25.1 Å². The fourth-order valence-electron chi connectivity index (χ4n) is 0.983. The molecule has 0 aliphatic carbocycles. The van der Waals surface area contributed by atoms with Gasteiger partial charge in [-0.15, -0.1) is 0 Å². The van der Waals surface area contributed by atoms with Crippen LogP contribution in [0.25, 0.3) is 0 Å². The van der Waals surface area contributed by atoms with Crippen LogP contribution in [0.3, 0.4) is 0 Å². The second-order valence-electron chi connectivity index (χ2n) is 3.21. The summed E-state index contributed by atoms with van der Waals surface area (Å²) in [7, 11) is 0. The first-order valence-corrected chi connectivity index (χ1v) is 4.42. The van der Waals surface area contributed by atoms with Gasteiger partial charge < -0.3 is 10.5 Å². The first-order chi connectivity index (χ1) is 8.10. The van der Waals surface area contributed by atoms with E-state index in [1.54, 1.807) is 0 Å². The summed E-state index contributed by atoms with van der Waals surface area (Å²) in [5.74, 6) is -0.0121. The van der Waals surface area contributed by atoms with Gasteiger partial charge in [-0.1, -0.05) is 0 Å². The summed E-state index contributed by atoms with van der Waals surface area (Å²) >= 11 is 0. The third-order valence-corrected chi connectivity index (χ3v) is 1.72. The molecule has 0 aromatic carbocycles. The quantitative estimate of drug-likeness (QED) is 0.858. The molecule has 0 aliphatic heterocycles. The van der Waals surface area contributed by atoms with E-state index in [0.717, 1.165) is 12.4 Å². The number of rotatable bonds is 3. The van der Waals surface area contributed by atoms with Crippen LogP contribution in [0.5, 0.6) is 0 Å². The SMILES string of the molecule is Nc1cnc(COC(C(F)(F)F)C(F)(F)F)cn1. The number of nitrogens with zero attached hydrogens (tertiary/aromatic N) is 2. The summed E-state index contributed by atoms with van der Waals surface area (Å²) in [6, 6.07) is 0. The van der Waals surface area contributed by atoms with Crippen molar-refractivity contribution in [2.75, 3.05) is 5.73 Å². The fraction of sp³-hybridized carbons (Fsp3) is 0.500. The van der Waals surface area contributed by atoms with Crippen molar-refractivity contribution >= 4 is 5.82 Å². The Kier molecular flexibility index (Phi) is 3.99. The van der Waals surface area contributed by atoms with Crippen LogP contribution >= 0.6 is 0 Å². The van der Waals surface area contributed by atoms with Crippen LogP contribution in [-0.4, -0.2) is 28.4 Å². The Balaban J connectivity index is 2.72. The summed E-state index contributed by atoms with van der Waals surface area (Å²) in [6.07, 6.45) is -13.0. The minimum Gasteiger partial charge on any atom is -0.382 e. The maximum atomic E-state index is 12.1. The van der Waals surface area contributed by atoms with Gasteiger partial charge in [-0.05, 0) is 0 Å². The lowest BCUT2D eigenvalue weighted by Gasteiger charge is -2.22. The average Bonchev–Trinajstić information content (AvgIpc) is 2.17. The Morgan fingerprint density at radius 2 is 1.61 bits per heavy atom. The first kappa shape index (κ1) is 14.5. The van der Waals surface area contributed by atoms with Gasteiger partial charge in [0, 0.05) is 0 Å². The molecule has 4 nitrogen and oxygen atoms in total. The highest BCUT2D eigenvalue weighted by Crippen LogP contribution is 2.35. The summed E-state index contributed by atoms with van der Waals surface area (Å²) in [5, 5.41) is 0. The van der Waals surface area contributed by atoms with Crippen LogP contribution in [0.4, 0.5) is 32.2 Å². The molecule has 0 unspecified atom stereocenters. The van der Waals surface area contributed by atoms with E-state index in [2.05, 4.69) is 14.7 Å². The van der Waals surface area contributed by atoms with Gasteiger partial charge in [0.1, 0.15) is 5.82 Å². The van der Waals surface area contributed by atoms with Gasteiger partial charge in [-0.3, -0.25) is 4.98 Å². The molecule has 0 saturated carbocycles. The lowest BCUT2D eigenvalue weighted by molar-refractivity contribution is -0.324. The maximum absolute atomic E-state index is 12.1. The van der Waals surface area contributed by atoms with Crippen LogP contribution < -0.4 is 5.73 Å². The molecule has 18 heavy (non-hydrogen) atoms. The fourth-order valence-corrected chi connectivity index (χ4v) is 0.983. The summed E-state index contributed by atoms with van der Waals surface area (Å²) in [4.78, 5) is 6.92. The van der Waals surface area contributed by atoms with Crippen molar-refractivity contribution in [1.82, 2.24) is 9.97 Å². The van der Waals surface area contributed by atoms with Crippen LogP contribution in [0.15, 0.2) is 12.4 Å². The number of hydrogen-bond acceptors (Lipinski definition) is 4. The van der Waals surface area contributed by atoms with Crippen LogP contribution in [-0.2, 0) is 11.3 Å². The zero-order chi connectivity index (χ0) is 14.0. The third kappa shape index (κ3) is 4.02. The van der Waals surface area contributed by atoms with Crippen molar-refractivity contribution in [3.63, 3.8) is 0 Å². The highest BCUT2D eigenvalue weighted by Gasteiger charge is 2.57. The van der Waals surface area contributed by atoms with Gasteiger partial charge in [0.15, 0.2) is 0 Å². The van der Waals surface area contributed by atoms with E-state index in [4.69, 9.17) is 5.73 Å². The van der Waals surface area contributed by atoms with Crippen LogP contribution in [0, 0.1) is 0 Å². The summed E-state index contributed by atoms with van der Waals surface area (Å²) < 4.78 is 76.3. The number of anilines is 1. The van der Waals surface area contributed by atoms with E-state index in [0.29, 0.717) is 0 Å². The molecule has 2 N–H and O–H groups in total. The van der Waals surface area contributed by atoms with Gasteiger partial charge in [0.25, 0.3) is 0 Å². The molecule has 0 radical (unpaired) electrons. The Labute approximate surface area is 96.8 Å². The van der Waals surface area contributed by atoms with E-state index in [1.807, 2.05) is 0 Å². The van der Waals surface area contributed by atoms with Crippen molar-refractivity contribution in [1.29, 1.82) is 0 Å². The molecule has 0 spiro atoms. The summed E-state index contributed by atoms with van der Waals surface area (Å²) in [5.41, 5.74) is 4.95. The molecule has 0 atom stereocenters. The molecular weight excluding hydrogens is 268 g/mol. The molecule has 0 fully saturated rings. The van der Waals surface area contributed by atoms with Crippen molar-refractivity contribution in [2.24, 2.45) is 0 Å². The minimum absolute atomic E-state index is 0.0121. The highest BCUT2D eigenvalue weighted by atomic mass is 19.4. The second kappa shape index (κ2) is 4.96. The largest absolute Gasteiger partial charge is 0.423 e. The Hall–Kier alpha value is -1.58. The minimum atomic E-state index is -5.54. The van der Waals surface area contributed by atoms with E-state index in [9.17, 15) is 26.3 Å². The average molecular weight is 275 g/mol. The van der Waals surface area contributed by atoms with Crippen molar-refractivity contribution in [2.45, 2.75) is 25.1 Å². The number of halogens is 6. The van der Waals surface area contributed by atoms with E-state index in [-0.39, 0.29) is 11.5 Å². The number of nitrogen functional groups attached to an aromatic ring is 1. The Morgan fingerprint density at radius 1 is 1.06 bits per heavy atom. The smallest absolute Gasteiger partial charge is 0.382 e. The number of alkyl halides is 6. The number of nitrogens with two attached hydrogens (primary N) is 1. The van der Waals surface area contributed by atoms with Crippen molar-refractivity contribution in [3.05, 3.63) is 18.1 Å². The molecule has 1 heterocycles. The first-order valence-electron chi connectivity index (χ1n) is 4.42. The van der Waals surface area contributed by atoms with Crippen molar-refractivity contribution < 1.29 is 31.1 Å². The summed E-state index contributed by atoms with van der Waals surface area (Å²) in [6.45, 7) is -0.975. The molecule has 0 amide bonds. The van der Waals surface area contributed by atoms with Crippen LogP contribution in [0.2, 0.25) is 0 Å². The predicted octanol–water partition coefficient (Wildman–Crippen LogP) is 2.07. The Bertz CT molecular complexity index is 373. The lowest BCUT2D eigenvalue weighted by Crippen LogP contribution is -2.44. The van der Waals surface area contributed by atoms with E-state index in [1.165, 1.54) is 0 Å². The second-order valence-corrected chi connectivity index (χ2v) is 3.21. The van der Waals surface area contributed by atoms with Crippen LogP contribution in [0.1, 0.15) is 5.69 Å². The number of aromatic nitrogens is 2. The van der Waals surface area contributed by atoms with Crippen molar-refractivity contribution in [3.8, 4) is 0 Å². The molecule has 1 aromatic rings. The normalized spacial score (nSPS) is 13.1. The molecule has 0 aliphatic rings. The molecule has 102 valence electrons.